The topological polar surface area (TPSA) is 81.9 Å². The number of amides is 1. The molecule has 1 amide bonds. The van der Waals surface area contributed by atoms with Gasteiger partial charge in [0.05, 0.1) is 5.69 Å². The maximum Gasteiger partial charge on any atom is 0.242 e. The summed E-state index contributed by atoms with van der Waals surface area (Å²) in [6, 6.07) is 1.94. The molecule has 1 fully saturated rings. The van der Waals surface area contributed by atoms with Crippen LogP contribution in [0, 0.1) is 25.2 Å². The van der Waals surface area contributed by atoms with Crippen molar-refractivity contribution in [2.45, 2.75) is 39.2 Å². The van der Waals surface area contributed by atoms with Crippen LogP contribution in [0.3, 0.4) is 0 Å². The summed E-state index contributed by atoms with van der Waals surface area (Å²) < 4.78 is 0. The monoisotopic (exact) mass is 273 g/mol. The Morgan fingerprint density at radius 3 is 2.80 bits per heavy atom. The van der Waals surface area contributed by atoms with Crippen LogP contribution in [-0.2, 0) is 4.79 Å². The average molecular weight is 273 g/mol. The summed E-state index contributed by atoms with van der Waals surface area (Å²) in [6.45, 7) is 4.42. The minimum Gasteiger partial charge on any atom is -0.357 e. The van der Waals surface area contributed by atoms with E-state index in [2.05, 4.69) is 21.6 Å². The van der Waals surface area contributed by atoms with E-state index in [0.29, 0.717) is 11.4 Å². The Labute approximate surface area is 118 Å². The molecule has 0 aliphatic carbocycles. The Hall–Kier alpha value is -2.16. The van der Waals surface area contributed by atoms with Gasteiger partial charge < -0.3 is 10.2 Å². The van der Waals surface area contributed by atoms with E-state index in [1.54, 1.807) is 7.05 Å². The van der Waals surface area contributed by atoms with E-state index in [4.69, 9.17) is 0 Å². The summed E-state index contributed by atoms with van der Waals surface area (Å²) in [5.74, 6) is 0.498. The van der Waals surface area contributed by atoms with Gasteiger partial charge >= 0.3 is 0 Å². The van der Waals surface area contributed by atoms with Crippen LogP contribution in [0.15, 0.2) is 0 Å². The minimum absolute atomic E-state index is 0.0337. The largest absolute Gasteiger partial charge is 0.357 e. The van der Waals surface area contributed by atoms with Crippen molar-refractivity contribution in [3.8, 4) is 6.07 Å². The molecule has 1 aliphatic rings. The Balaban J connectivity index is 2.46. The average Bonchev–Trinajstić information content (AvgIpc) is 2.49. The number of hydrogen-bond donors (Lipinski definition) is 1. The van der Waals surface area contributed by atoms with Crippen LogP contribution in [0.1, 0.15) is 36.1 Å². The quantitative estimate of drug-likeness (QED) is 0.871. The molecule has 20 heavy (non-hydrogen) atoms. The first-order valence-corrected chi connectivity index (χ1v) is 6.82. The number of carbonyl (C=O) groups is 1. The van der Waals surface area contributed by atoms with Crippen LogP contribution >= 0.6 is 0 Å². The summed E-state index contributed by atoms with van der Waals surface area (Å²) in [6.07, 6.45) is 2.78. The number of hydrogen-bond acceptors (Lipinski definition) is 5. The fourth-order valence-corrected chi connectivity index (χ4v) is 2.56. The van der Waals surface area contributed by atoms with Gasteiger partial charge in [-0.3, -0.25) is 4.79 Å². The molecule has 0 bridgehead atoms. The zero-order valence-electron chi connectivity index (χ0n) is 12.1. The molecule has 1 N–H and O–H groups in total. The third-order valence-corrected chi connectivity index (χ3v) is 3.87. The molecular weight excluding hydrogens is 254 g/mol. The van der Waals surface area contributed by atoms with Crippen molar-refractivity contribution in [1.29, 1.82) is 5.26 Å². The summed E-state index contributed by atoms with van der Waals surface area (Å²) in [4.78, 5) is 13.9. The molecule has 2 heterocycles. The number of likely N-dealkylation sites (N-methyl/N-ethyl adjacent to an activating group) is 1. The van der Waals surface area contributed by atoms with E-state index in [9.17, 15) is 10.1 Å². The third-order valence-electron chi connectivity index (χ3n) is 3.87. The molecule has 6 heteroatoms. The number of aryl methyl sites for hydroxylation is 1. The summed E-state index contributed by atoms with van der Waals surface area (Å²) in [5.41, 5.74) is 2.10. The highest BCUT2D eigenvalue weighted by Crippen LogP contribution is 2.27. The number of aromatic nitrogens is 2. The molecule has 1 aliphatic heterocycles. The zero-order valence-corrected chi connectivity index (χ0v) is 12.1. The number of nitrogens with one attached hydrogen (secondary N) is 1. The lowest BCUT2D eigenvalue weighted by Crippen LogP contribution is -2.49. The first kappa shape index (κ1) is 14.3. The predicted octanol–water partition coefficient (Wildman–Crippen LogP) is 1.07. The molecule has 1 unspecified atom stereocenters. The molecule has 1 aromatic rings. The lowest BCUT2D eigenvalue weighted by molar-refractivity contribution is -0.122. The Kier molecular flexibility index (Phi) is 4.18. The van der Waals surface area contributed by atoms with Crippen LogP contribution in [-0.4, -0.2) is 35.7 Å². The third kappa shape index (κ3) is 2.44. The van der Waals surface area contributed by atoms with E-state index in [1.807, 2.05) is 18.7 Å². The molecule has 0 radical (unpaired) electrons. The maximum atomic E-state index is 12.0. The van der Waals surface area contributed by atoms with Crippen LogP contribution in [0.2, 0.25) is 0 Å². The summed E-state index contributed by atoms with van der Waals surface area (Å²) >= 11 is 0. The van der Waals surface area contributed by atoms with Crippen LogP contribution in [0.25, 0.3) is 0 Å². The lowest BCUT2D eigenvalue weighted by atomic mass is 10.00. The fraction of sp³-hybridized carbons (Fsp3) is 0.571. The van der Waals surface area contributed by atoms with Gasteiger partial charge in [0.15, 0.2) is 5.82 Å². The number of carbonyl (C=O) groups excluding carboxylic acids is 1. The SMILES string of the molecule is CNC(=O)C1CCCCN1c1nnc(C)c(C)c1C#N. The van der Waals surface area contributed by atoms with Crippen molar-refractivity contribution in [1.82, 2.24) is 15.5 Å². The molecule has 1 saturated heterocycles. The minimum atomic E-state index is -0.266. The smallest absolute Gasteiger partial charge is 0.242 e. The zero-order chi connectivity index (χ0) is 14.7. The van der Waals surface area contributed by atoms with Crippen LogP contribution in [0.4, 0.5) is 5.82 Å². The molecule has 0 aromatic carbocycles. The summed E-state index contributed by atoms with van der Waals surface area (Å²) in [7, 11) is 1.63. The van der Waals surface area contributed by atoms with Gasteiger partial charge in [0, 0.05) is 13.6 Å². The molecule has 0 spiro atoms. The Morgan fingerprint density at radius 2 is 2.15 bits per heavy atom. The number of piperidine rings is 1. The second-order valence-corrected chi connectivity index (χ2v) is 5.04. The van der Waals surface area contributed by atoms with E-state index in [-0.39, 0.29) is 11.9 Å². The molecule has 0 saturated carbocycles. The van der Waals surface area contributed by atoms with Crippen LogP contribution in [0.5, 0.6) is 0 Å². The second kappa shape index (κ2) is 5.87. The van der Waals surface area contributed by atoms with Gasteiger partial charge in [0.25, 0.3) is 0 Å². The Bertz CT molecular complexity index is 563. The number of anilines is 1. The van der Waals surface area contributed by atoms with E-state index >= 15 is 0 Å². The highest BCUT2D eigenvalue weighted by molar-refractivity contribution is 5.85. The predicted molar refractivity (Wildman–Crippen MR) is 75.3 cm³/mol. The van der Waals surface area contributed by atoms with Gasteiger partial charge in [-0.25, -0.2) is 0 Å². The highest BCUT2D eigenvalue weighted by Gasteiger charge is 2.31. The first-order valence-electron chi connectivity index (χ1n) is 6.82. The van der Waals surface area contributed by atoms with Crippen molar-refractivity contribution in [2.24, 2.45) is 0 Å². The molecule has 2 rings (SSSR count). The lowest BCUT2D eigenvalue weighted by Gasteiger charge is -2.35. The molecule has 1 aromatic heterocycles. The molecule has 106 valence electrons. The van der Waals surface area contributed by atoms with Gasteiger partial charge in [0.2, 0.25) is 5.91 Å². The standard InChI is InChI=1S/C14H19N5O/c1-9-10(2)17-18-13(11(9)8-15)19-7-5-4-6-12(19)14(20)16-3/h12H,4-7H2,1-3H3,(H,16,20). The molecule has 6 nitrogen and oxygen atoms in total. The number of rotatable bonds is 2. The van der Waals surface area contributed by atoms with Crippen molar-refractivity contribution in [3.63, 3.8) is 0 Å². The van der Waals surface area contributed by atoms with Gasteiger partial charge in [0.1, 0.15) is 17.7 Å². The number of nitriles is 1. The summed E-state index contributed by atoms with van der Waals surface area (Å²) in [5, 5.41) is 20.4. The maximum absolute atomic E-state index is 12.0. The van der Waals surface area contributed by atoms with Crippen molar-refractivity contribution >= 4 is 11.7 Å². The van der Waals surface area contributed by atoms with E-state index in [1.165, 1.54) is 0 Å². The fourth-order valence-electron chi connectivity index (χ4n) is 2.56. The Morgan fingerprint density at radius 1 is 1.40 bits per heavy atom. The molecule has 1 atom stereocenters. The van der Waals surface area contributed by atoms with Crippen molar-refractivity contribution in [3.05, 3.63) is 16.8 Å². The number of nitrogens with zero attached hydrogens (tertiary/aromatic N) is 4. The van der Waals surface area contributed by atoms with Gasteiger partial charge in [-0.15, -0.1) is 5.10 Å². The second-order valence-electron chi connectivity index (χ2n) is 5.04. The van der Waals surface area contributed by atoms with E-state index in [0.717, 1.165) is 37.1 Å². The molecular formula is C14H19N5O. The van der Waals surface area contributed by atoms with Gasteiger partial charge in [-0.05, 0) is 38.7 Å². The van der Waals surface area contributed by atoms with Crippen molar-refractivity contribution < 1.29 is 4.79 Å². The highest BCUT2D eigenvalue weighted by atomic mass is 16.2. The first-order chi connectivity index (χ1) is 9.60. The van der Waals surface area contributed by atoms with Crippen LogP contribution < -0.4 is 10.2 Å². The van der Waals surface area contributed by atoms with Gasteiger partial charge in [-0.1, -0.05) is 0 Å². The van der Waals surface area contributed by atoms with E-state index < -0.39 is 0 Å². The van der Waals surface area contributed by atoms with Crippen molar-refractivity contribution in [2.75, 3.05) is 18.5 Å². The normalized spacial score (nSPS) is 18.5. The van der Waals surface area contributed by atoms with Gasteiger partial charge in [-0.2, -0.15) is 10.4 Å².